The average Bonchev–Trinajstić information content (AvgIpc) is 2.29. The molecule has 16 heavy (non-hydrogen) atoms. The minimum absolute atomic E-state index is 0.268. The molecule has 0 atom stereocenters. The second-order valence-corrected chi connectivity index (χ2v) is 4.41. The minimum Gasteiger partial charge on any atom is -0.299 e. The van der Waals surface area contributed by atoms with Crippen LogP contribution in [-0.2, 0) is 11.2 Å². The summed E-state index contributed by atoms with van der Waals surface area (Å²) in [4.78, 5) is 11.9. The average molecular weight is 218 g/mol. The van der Waals surface area contributed by atoms with E-state index in [1.807, 2.05) is 12.1 Å². The van der Waals surface area contributed by atoms with E-state index in [1.165, 1.54) is 11.1 Å². The van der Waals surface area contributed by atoms with Gasteiger partial charge in [-0.2, -0.15) is 0 Å². The molecule has 0 bridgehead atoms. The van der Waals surface area contributed by atoms with Gasteiger partial charge in [0.25, 0.3) is 0 Å². The third kappa shape index (κ3) is 3.48. The van der Waals surface area contributed by atoms with Crippen LogP contribution in [0.3, 0.4) is 0 Å². The normalized spacial score (nSPS) is 10.8. The first-order valence-corrected chi connectivity index (χ1v) is 6.26. The number of carbonyl (C=O) groups is 1. The fourth-order valence-electron chi connectivity index (χ4n) is 2.10. The molecule has 1 aromatic carbocycles. The highest BCUT2D eigenvalue weighted by atomic mass is 16.1. The van der Waals surface area contributed by atoms with E-state index >= 15 is 0 Å². The number of hydrogen-bond acceptors (Lipinski definition) is 1. The summed E-state index contributed by atoms with van der Waals surface area (Å²) >= 11 is 0. The first-order chi connectivity index (χ1) is 7.69. The molecule has 1 heteroatoms. The first-order valence-electron chi connectivity index (χ1n) is 6.26. The quantitative estimate of drug-likeness (QED) is 0.707. The number of ketones is 1. The molecule has 0 saturated heterocycles. The van der Waals surface area contributed by atoms with E-state index in [2.05, 4.69) is 32.9 Å². The number of carbonyl (C=O) groups excluding carboxylic acids is 1. The van der Waals surface area contributed by atoms with Crippen LogP contribution in [0.4, 0.5) is 0 Å². The molecule has 0 spiro atoms. The summed E-state index contributed by atoms with van der Waals surface area (Å²) in [5, 5.41) is 0. The highest BCUT2D eigenvalue weighted by Crippen LogP contribution is 2.15. The lowest BCUT2D eigenvalue weighted by Crippen LogP contribution is -2.13. The molecule has 0 radical (unpaired) electrons. The van der Waals surface area contributed by atoms with Crippen molar-refractivity contribution in [1.82, 2.24) is 0 Å². The lowest BCUT2D eigenvalue weighted by Gasteiger charge is -2.11. The number of rotatable bonds is 6. The maximum absolute atomic E-state index is 11.9. The summed E-state index contributed by atoms with van der Waals surface area (Å²) < 4.78 is 0. The van der Waals surface area contributed by atoms with Gasteiger partial charge in [0, 0.05) is 12.3 Å². The van der Waals surface area contributed by atoms with Crippen LogP contribution in [0.5, 0.6) is 0 Å². The van der Waals surface area contributed by atoms with Gasteiger partial charge in [0.2, 0.25) is 0 Å². The summed E-state index contributed by atoms with van der Waals surface area (Å²) in [7, 11) is 0. The van der Waals surface area contributed by atoms with Gasteiger partial charge in [-0.1, -0.05) is 38.1 Å². The highest BCUT2D eigenvalue weighted by molar-refractivity contribution is 5.81. The Morgan fingerprint density at radius 1 is 1.19 bits per heavy atom. The third-order valence-corrected chi connectivity index (χ3v) is 3.34. The topological polar surface area (TPSA) is 17.1 Å². The summed E-state index contributed by atoms with van der Waals surface area (Å²) in [5.74, 6) is 0.692. The van der Waals surface area contributed by atoms with Crippen LogP contribution < -0.4 is 0 Å². The molecule has 1 nitrogen and oxygen atoms in total. The zero-order valence-electron chi connectivity index (χ0n) is 10.6. The Morgan fingerprint density at radius 2 is 1.81 bits per heavy atom. The Labute approximate surface area is 98.9 Å². The Morgan fingerprint density at radius 3 is 2.38 bits per heavy atom. The zero-order valence-corrected chi connectivity index (χ0v) is 10.6. The molecule has 0 unspecified atom stereocenters. The number of hydrogen-bond donors (Lipinski definition) is 0. The molecule has 0 fully saturated rings. The van der Waals surface area contributed by atoms with Gasteiger partial charge in [-0.3, -0.25) is 4.79 Å². The van der Waals surface area contributed by atoms with Crippen molar-refractivity contribution in [3.05, 3.63) is 35.4 Å². The molecule has 0 aliphatic rings. The van der Waals surface area contributed by atoms with Crippen molar-refractivity contribution in [3.63, 3.8) is 0 Å². The van der Waals surface area contributed by atoms with Gasteiger partial charge in [0.1, 0.15) is 5.78 Å². The van der Waals surface area contributed by atoms with Crippen molar-refractivity contribution in [2.24, 2.45) is 5.92 Å². The fourth-order valence-corrected chi connectivity index (χ4v) is 2.10. The van der Waals surface area contributed by atoms with Crippen LogP contribution in [-0.4, -0.2) is 5.78 Å². The van der Waals surface area contributed by atoms with Crippen molar-refractivity contribution in [1.29, 1.82) is 0 Å². The molecule has 0 aliphatic carbocycles. The van der Waals surface area contributed by atoms with E-state index in [9.17, 15) is 4.79 Å². The van der Waals surface area contributed by atoms with Crippen molar-refractivity contribution in [2.75, 3.05) is 0 Å². The van der Waals surface area contributed by atoms with Crippen molar-refractivity contribution < 1.29 is 4.79 Å². The molecular formula is C15H22O. The second kappa shape index (κ2) is 6.47. The Balaban J connectivity index is 2.52. The van der Waals surface area contributed by atoms with Crippen LogP contribution in [0.2, 0.25) is 0 Å². The molecule has 0 aliphatic heterocycles. The van der Waals surface area contributed by atoms with E-state index in [1.54, 1.807) is 0 Å². The molecular weight excluding hydrogens is 196 g/mol. The van der Waals surface area contributed by atoms with E-state index in [-0.39, 0.29) is 5.92 Å². The lowest BCUT2D eigenvalue weighted by atomic mass is 9.93. The summed E-state index contributed by atoms with van der Waals surface area (Å²) in [5.41, 5.74) is 2.60. The van der Waals surface area contributed by atoms with Crippen molar-refractivity contribution >= 4 is 5.78 Å². The SMILES string of the molecule is CCC(CC)C(=O)CCc1ccccc1C. The number of Topliss-reactive ketones (excluding diaryl/α,β-unsaturated/α-hetero) is 1. The van der Waals surface area contributed by atoms with Gasteiger partial charge in [0.05, 0.1) is 0 Å². The van der Waals surface area contributed by atoms with Gasteiger partial charge in [-0.25, -0.2) is 0 Å². The van der Waals surface area contributed by atoms with Crippen molar-refractivity contribution in [2.45, 2.75) is 46.5 Å². The maximum atomic E-state index is 11.9. The molecule has 1 aromatic rings. The Kier molecular flexibility index (Phi) is 5.24. The van der Waals surface area contributed by atoms with Crippen molar-refractivity contribution in [3.8, 4) is 0 Å². The third-order valence-electron chi connectivity index (χ3n) is 3.34. The van der Waals surface area contributed by atoms with Gasteiger partial charge < -0.3 is 0 Å². The predicted molar refractivity (Wildman–Crippen MR) is 68.6 cm³/mol. The Hall–Kier alpha value is -1.11. The molecule has 0 heterocycles. The number of aryl methyl sites for hydroxylation is 2. The molecule has 0 saturated carbocycles. The maximum Gasteiger partial charge on any atom is 0.136 e. The predicted octanol–water partition coefficient (Wildman–Crippen LogP) is 3.93. The van der Waals surface area contributed by atoms with Gasteiger partial charge >= 0.3 is 0 Å². The molecule has 88 valence electrons. The summed E-state index contributed by atoms with van der Waals surface area (Å²) in [6.07, 6.45) is 3.53. The van der Waals surface area contributed by atoms with Crippen LogP contribution in [0.1, 0.15) is 44.2 Å². The van der Waals surface area contributed by atoms with Gasteiger partial charge in [0.15, 0.2) is 0 Å². The summed E-state index contributed by atoms with van der Waals surface area (Å²) in [6.45, 7) is 6.30. The second-order valence-electron chi connectivity index (χ2n) is 4.41. The van der Waals surface area contributed by atoms with Gasteiger partial charge in [-0.05, 0) is 37.3 Å². The molecule has 0 amide bonds. The molecule has 0 N–H and O–H groups in total. The van der Waals surface area contributed by atoms with Crippen LogP contribution >= 0.6 is 0 Å². The molecule has 1 rings (SSSR count). The van der Waals surface area contributed by atoms with Crippen LogP contribution in [0.15, 0.2) is 24.3 Å². The van der Waals surface area contributed by atoms with E-state index in [4.69, 9.17) is 0 Å². The van der Waals surface area contributed by atoms with E-state index in [0.29, 0.717) is 12.2 Å². The first kappa shape index (κ1) is 13.0. The largest absolute Gasteiger partial charge is 0.299 e. The Bertz CT molecular complexity index is 337. The highest BCUT2D eigenvalue weighted by Gasteiger charge is 2.13. The van der Waals surface area contributed by atoms with E-state index < -0.39 is 0 Å². The van der Waals surface area contributed by atoms with E-state index in [0.717, 1.165) is 19.3 Å². The smallest absolute Gasteiger partial charge is 0.136 e. The van der Waals surface area contributed by atoms with Gasteiger partial charge in [-0.15, -0.1) is 0 Å². The monoisotopic (exact) mass is 218 g/mol. The zero-order chi connectivity index (χ0) is 12.0. The number of benzene rings is 1. The van der Waals surface area contributed by atoms with Crippen LogP contribution in [0.25, 0.3) is 0 Å². The fraction of sp³-hybridized carbons (Fsp3) is 0.533. The molecule has 0 aromatic heterocycles. The van der Waals surface area contributed by atoms with Crippen LogP contribution in [0, 0.1) is 12.8 Å². The minimum atomic E-state index is 0.268. The summed E-state index contributed by atoms with van der Waals surface area (Å²) in [6, 6.07) is 8.32. The standard InChI is InChI=1S/C15H22O/c1-4-13(5-2)15(16)11-10-14-9-7-6-8-12(14)3/h6-9,13H,4-5,10-11H2,1-3H3. The lowest BCUT2D eigenvalue weighted by molar-refractivity contribution is -0.123.